The van der Waals surface area contributed by atoms with Gasteiger partial charge in [-0.05, 0) is 20.8 Å². The molecule has 2 aromatic carbocycles. The third kappa shape index (κ3) is 1.89. The zero-order chi connectivity index (χ0) is 13.6. The standard InChI is InChI=1S/C18H21N/c1-13-14-9-5-7-11-16(14)19(18(2,3)4)17-12-8-6-10-15(13)17/h5-13H,1-4H3/q+1. The minimum atomic E-state index is 0.0757. The highest BCUT2D eigenvalue weighted by atomic mass is 15.2. The summed E-state index contributed by atoms with van der Waals surface area (Å²) in [5, 5.41) is 0. The SMILES string of the molecule is CC1c2ccccc2[N+](C(C)(C)C)c2ccccc21. The fourth-order valence-electron chi connectivity index (χ4n) is 3.13. The fourth-order valence-corrected chi connectivity index (χ4v) is 3.13. The lowest BCUT2D eigenvalue weighted by Crippen LogP contribution is -2.41. The van der Waals surface area contributed by atoms with Gasteiger partial charge in [0.05, 0.1) is 0 Å². The molecule has 0 saturated heterocycles. The van der Waals surface area contributed by atoms with E-state index in [2.05, 4.69) is 81.1 Å². The fraction of sp³-hybridized carbons (Fsp3) is 0.333. The lowest BCUT2D eigenvalue weighted by molar-refractivity contribution is 0.391. The van der Waals surface area contributed by atoms with Gasteiger partial charge >= 0.3 is 0 Å². The van der Waals surface area contributed by atoms with Gasteiger partial charge in [-0.1, -0.05) is 48.2 Å². The van der Waals surface area contributed by atoms with Crippen LogP contribution in [0.15, 0.2) is 48.5 Å². The first kappa shape index (κ1) is 12.4. The Morgan fingerprint density at radius 1 is 0.789 bits per heavy atom. The van der Waals surface area contributed by atoms with E-state index in [1.807, 2.05) is 0 Å². The van der Waals surface area contributed by atoms with Gasteiger partial charge in [-0.3, -0.25) is 0 Å². The Bertz CT molecular complexity index is 560. The lowest BCUT2D eigenvalue weighted by atomic mass is 9.84. The highest BCUT2D eigenvalue weighted by molar-refractivity contribution is 5.69. The van der Waals surface area contributed by atoms with Crippen molar-refractivity contribution in [3.63, 3.8) is 0 Å². The van der Waals surface area contributed by atoms with Crippen molar-refractivity contribution in [1.82, 2.24) is 4.90 Å². The number of para-hydroxylation sites is 2. The van der Waals surface area contributed by atoms with Crippen molar-refractivity contribution in [2.24, 2.45) is 0 Å². The molecule has 1 nitrogen and oxygen atoms in total. The topological polar surface area (TPSA) is 5.90 Å². The minimum Gasteiger partial charge on any atom is -0.0920 e. The van der Waals surface area contributed by atoms with Crippen molar-refractivity contribution in [3.8, 4) is 0 Å². The van der Waals surface area contributed by atoms with Crippen LogP contribution >= 0.6 is 0 Å². The Kier molecular flexibility index (Phi) is 2.75. The van der Waals surface area contributed by atoms with Crippen LogP contribution in [-0.2, 0) is 0 Å². The summed E-state index contributed by atoms with van der Waals surface area (Å²) in [6.45, 7) is 9.13. The van der Waals surface area contributed by atoms with Crippen LogP contribution in [0.1, 0.15) is 44.7 Å². The number of hydrogen-bond acceptors (Lipinski definition) is 1. The second-order valence-electron chi connectivity index (χ2n) is 6.35. The Morgan fingerprint density at radius 3 is 1.63 bits per heavy atom. The molecule has 3 rings (SSSR count). The number of nitrogens with zero attached hydrogens (tertiary/aromatic N) is 1. The highest BCUT2D eigenvalue weighted by Gasteiger charge is 2.43. The van der Waals surface area contributed by atoms with Crippen LogP contribution < -0.4 is 4.90 Å². The van der Waals surface area contributed by atoms with Gasteiger partial charge in [-0.15, -0.1) is 0 Å². The van der Waals surface area contributed by atoms with Gasteiger partial charge in [0.25, 0.3) is 0 Å². The summed E-state index contributed by atoms with van der Waals surface area (Å²) in [6.07, 6.45) is 0. The molecule has 1 aliphatic heterocycles. The van der Waals surface area contributed by atoms with Gasteiger partial charge < -0.3 is 0 Å². The first-order valence-electron chi connectivity index (χ1n) is 6.98. The number of benzene rings is 2. The second-order valence-corrected chi connectivity index (χ2v) is 6.35. The lowest BCUT2D eigenvalue weighted by Gasteiger charge is -2.32. The summed E-state index contributed by atoms with van der Waals surface area (Å²) >= 11 is 0. The summed E-state index contributed by atoms with van der Waals surface area (Å²) in [6, 6.07) is 17.6. The molecule has 1 aliphatic rings. The monoisotopic (exact) mass is 251 g/mol. The van der Waals surface area contributed by atoms with E-state index in [4.69, 9.17) is 0 Å². The Balaban J connectivity index is 2.30. The molecule has 0 aromatic heterocycles. The van der Waals surface area contributed by atoms with Gasteiger partial charge in [0.1, 0.15) is 5.54 Å². The van der Waals surface area contributed by atoms with E-state index in [1.54, 1.807) is 0 Å². The summed E-state index contributed by atoms with van der Waals surface area (Å²) in [5.74, 6) is 0.464. The van der Waals surface area contributed by atoms with E-state index < -0.39 is 0 Å². The number of hydrogen-bond donors (Lipinski definition) is 0. The van der Waals surface area contributed by atoms with Crippen molar-refractivity contribution in [2.45, 2.75) is 39.2 Å². The number of fused-ring (bicyclic) bond motifs is 2. The maximum Gasteiger partial charge on any atom is 0.190 e. The van der Waals surface area contributed by atoms with E-state index in [-0.39, 0.29) is 5.54 Å². The van der Waals surface area contributed by atoms with Crippen molar-refractivity contribution in [3.05, 3.63) is 59.7 Å². The van der Waals surface area contributed by atoms with E-state index in [0.717, 1.165) is 0 Å². The third-order valence-corrected chi connectivity index (χ3v) is 3.96. The van der Waals surface area contributed by atoms with Crippen LogP contribution in [0.2, 0.25) is 0 Å². The van der Waals surface area contributed by atoms with Crippen LogP contribution in [0.4, 0.5) is 11.4 Å². The molecule has 0 N–H and O–H groups in total. The van der Waals surface area contributed by atoms with Gasteiger partial charge in [-0.25, -0.2) is 0 Å². The quantitative estimate of drug-likeness (QED) is 0.578. The Labute approximate surface area is 115 Å². The van der Waals surface area contributed by atoms with Crippen molar-refractivity contribution >= 4 is 11.4 Å². The maximum absolute atomic E-state index is 2.47. The third-order valence-electron chi connectivity index (χ3n) is 3.96. The van der Waals surface area contributed by atoms with Crippen molar-refractivity contribution in [1.29, 1.82) is 0 Å². The first-order chi connectivity index (χ1) is 9.00. The number of rotatable bonds is 0. The largest absolute Gasteiger partial charge is 0.190 e. The molecule has 0 unspecified atom stereocenters. The molecule has 0 amide bonds. The van der Waals surface area contributed by atoms with Gasteiger partial charge in [0.2, 0.25) is 0 Å². The average molecular weight is 251 g/mol. The number of anilines is 2. The molecule has 19 heavy (non-hydrogen) atoms. The highest BCUT2D eigenvalue weighted by Crippen LogP contribution is 2.47. The Hall–Kier alpha value is -1.60. The molecule has 0 bridgehead atoms. The first-order valence-corrected chi connectivity index (χ1v) is 6.98. The predicted molar refractivity (Wildman–Crippen MR) is 81.6 cm³/mol. The summed E-state index contributed by atoms with van der Waals surface area (Å²) in [5.41, 5.74) is 5.63. The molecule has 0 spiro atoms. The van der Waals surface area contributed by atoms with Crippen molar-refractivity contribution < 1.29 is 0 Å². The van der Waals surface area contributed by atoms with Crippen LogP contribution in [-0.4, -0.2) is 5.54 Å². The molecule has 0 fully saturated rings. The van der Waals surface area contributed by atoms with Crippen LogP contribution in [0, 0.1) is 0 Å². The smallest absolute Gasteiger partial charge is 0.0920 e. The summed E-state index contributed by atoms with van der Waals surface area (Å²) in [7, 11) is 0. The molecule has 2 aromatic rings. The van der Waals surface area contributed by atoms with Gasteiger partial charge in [0, 0.05) is 29.2 Å². The zero-order valence-corrected chi connectivity index (χ0v) is 12.1. The van der Waals surface area contributed by atoms with E-state index >= 15 is 0 Å². The molecule has 1 heteroatoms. The summed E-state index contributed by atoms with van der Waals surface area (Å²) in [4.78, 5) is 2.47. The predicted octanol–water partition coefficient (Wildman–Crippen LogP) is 5.05. The average Bonchev–Trinajstić information content (AvgIpc) is 2.38. The van der Waals surface area contributed by atoms with Crippen LogP contribution in [0.5, 0.6) is 0 Å². The normalized spacial score (nSPS) is 16.0. The minimum absolute atomic E-state index is 0.0757. The Morgan fingerprint density at radius 2 is 1.21 bits per heavy atom. The molecule has 1 radical (unpaired) electrons. The van der Waals surface area contributed by atoms with Gasteiger partial charge in [0.15, 0.2) is 11.4 Å². The second kappa shape index (κ2) is 4.21. The zero-order valence-electron chi connectivity index (χ0n) is 12.1. The molecular formula is C18H21N+. The summed E-state index contributed by atoms with van der Waals surface area (Å²) < 4.78 is 0. The van der Waals surface area contributed by atoms with Crippen molar-refractivity contribution in [2.75, 3.05) is 0 Å². The van der Waals surface area contributed by atoms with E-state index in [1.165, 1.54) is 22.5 Å². The van der Waals surface area contributed by atoms with Crippen LogP contribution in [0.25, 0.3) is 0 Å². The van der Waals surface area contributed by atoms with Gasteiger partial charge in [-0.2, -0.15) is 0 Å². The molecular weight excluding hydrogens is 230 g/mol. The molecule has 0 saturated carbocycles. The van der Waals surface area contributed by atoms with Crippen LogP contribution in [0.3, 0.4) is 0 Å². The molecule has 97 valence electrons. The van der Waals surface area contributed by atoms with E-state index in [9.17, 15) is 0 Å². The van der Waals surface area contributed by atoms with E-state index in [0.29, 0.717) is 5.92 Å². The molecule has 1 heterocycles. The molecule has 0 aliphatic carbocycles. The molecule has 0 atom stereocenters. The maximum atomic E-state index is 2.47.